The van der Waals surface area contributed by atoms with E-state index in [2.05, 4.69) is 24.4 Å². The second kappa shape index (κ2) is 3.74. The first kappa shape index (κ1) is 7.76. The summed E-state index contributed by atoms with van der Waals surface area (Å²) in [7, 11) is 1.75. The summed E-state index contributed by atoms with van der Waals surface area (Å²) in [6.07, 6.45) is 1.38. The summed E-state index contributed by atoms with van der Waals surface area (Å²) in [4.78, 5) is 1.40. The van der Waals surface area contributed by atoms with E-state index >= 15 is 0 Å². The monoisotopic (exact) mass is 156 g/mol. The molecule has 0 N–H and O–H groups in total. The molecule has 1 aromatic rings. The molecule has 1 atom stereocenters. The Hall–Kier alpha value is -0.340. The highest BCUT2D eigenvalue weighted by molar-refractivity contribution is 7.09. The minimum atomic E-state index is 0.346. The third-order valence-corrected chi connectivity index (χ3v) is 2.37. The van der Waals surface area contributed by atoms with E-state index in [0.29, 0.717) is 6.10 Å². The molecule has 0 spiro atoms. The van der Waals surface area contributed by atoms with Crippen LogP contribution in [0.15, 0.2) is 17.5 Å². The number of thiophene rings is 1. The van der Waals surface area contributed by atoms with Gasteiger partial charge in [0, 0.05) is 18.4 Å². The zero-order valence-corrected chi connectivity index (χ0v) is 7.15. The van der Waals surface area contributed by atoms with Crippen LogP contribution in [0.4, 0.5) is 0 Å². The van der Waals surface area contributed by atoms with Crippen LogP contribution in [-0.4, -0.2) is 13.2 Å². The Bertz CT molecular complexity index is 169. The highest BCUT2D eigenvalue weighted by atomic mass is 32.1. The van der Waals surface area contributed by atoms with Gasteiger partial charge in [0.25, 0.3) is 0 Å². The van der Waals surface area contributed by atoms with Crippen molar-refractivity contribution in [2.24, 2.45) is 0 Å². The van der Waals surface area contributed by atoms with Gasteiger partial charge in [0.15, 0.2) is 0 Å². The molecule has 0 saturated heterocycles. The van der Waals surface area contributed by atoms with Crippen LogP contribution < -0.4 is 0 Å². The van der Waals surface area contributed by atoms with Crippen molar-refractivity contribution in [2.45, 2.75) is 19.4 Å². The Balaban J connectivity index is 2.40. The summed E-state index contributed by atoms with van der Waals surface area (Å²) >= 11 is 1.79. The lowest BCUT2D eigenvalue weighted by molar-refractivity contribution is 0.119. The average molecular weight is 156 g/mol. The SMILES string of the molecule is COC(C)Cc1cccs1. The molecule has 1 heterocycles. The minimum absolute atomic E-state index is 0.346. The Morgan fingerprint density at radius 2 is 2.50 bits per heavy atom. The lowest BCUT2D eigenvalue weighted by atomic mass is 10.2. The first-order valence-electron chi connectivity index (χ1n) is 3.38. The van der Waals surface area contributed by atoms with Crippen LogP contribution in [0, 0.1) is 0 Å². The minimum Gasteiger partial charge on any atom is -0.381 e. The number of methoxy groups -OCH3 is 1. The van der Waals surface area contributed by atoms with Crippen molar-refractivity contribution in [3.05, 3.63) is 22.4 Å². The molecular formula is C8H12OS. The van der Waals surface area contributed by atoms with Gasteiger partial charge in [0.2, 0.25) is 0 Å². The van der Waals surface area contributed by atoms with Crippen LogP contribution in [0.5, 0.6) is 0 Å². The van der Waals surface area contributed by atoms with E-state index in [0.717, 1.165) is 6.42 Å². The topological polar surface area (TPSA) is 9.23 Å². The maximum absolute atomic E-state index is 5.13. The number of ether oxygens (including phenoxy) is 1. The Morgan fingerprint density at radius 3 is 3.00 bits per heavy atom. The molecule has 0 radical (unpaired) electrons. The summed E-state index contributed by atoms with van der Waals surface area (Å²) in [6, 6.07) is 4.21. The number of rotatable bonds is 3. The zero-order chi connectivity index (χ0) is 7.40. The summed E-state index contributed by atoms with van der Waals surface area (Å²) in [6.45, 7) is 2.08. The van der Waals surface area contributed by atoms with Gasteiger partial charge in [-0.15, -0.1) is 11.3 Å². The first-order chi connectivity index (χ1) is 4.83. The van der Waals surface area contributed by atoms with Gasteiger partial charge in [-0.1, -0.05) is 6.07 Å². The molecule has 56 valence electrons. The third-order valence-electron chi connectivity index (χ3n) is 1.47. The quantitative estimate of drug-likeness (QED) is 0.652. The smallest absolute Gasteiger partial charge is 0.0591 e. The third kappa shape index (κ3) is 2.12. The van der Waals surface area contributed by atoms with Crippen LogP contribution in [-0.2, 0) is 11.2 Å². The van der Waals surface area contributed by atoms with E-state index in [4.69, 9.17) is 4.74 Å². The molecule has 0 aliphatic carbocycles. The van der Waals surface area contributed by atoms with Crippen molar-refractivity contribution in [1.82, 2.24) is 0 Å². The van der Waals surface area contributed by atoms with Crippen molar-refractivity contribution < 1.29 is 4.74 Å². The Kier molecular flexibility index (Phi) is 2.90. The van der Waals surface area contributed by atoms with Crippen LogP contribution in [0.25, 0.3) is 0 Å². The fourth-order valence-electron chi connectivity index (χ4n) is 0.795. The van der Waals surface area contributed by atoms with E-state index in [-0.39, 0.29) is 0 Å². The molecule has 0 aliphatic rings. The molecule has 10 heavy (non-hydrogen) atoms. The average Bonchev–Trinajstić information content (AvgIpc) is 2.40. The highest BCUT2D eigenvalue weighted by Crippen LogP contribution is 2.11. The molecule has 2 heteroatoms. The van der Waals surface area contributed by atoms with Gasteiger partial charge >= 0.3 is 0 Å². The van der Waals surface area contributed by atoms with Gasteiger partial charge in [-0.2, -0.15) is 0 Å². The van der Waals surface area contributed by atoms with Gasteiger partial charge in [-0.05, 0) is 18.4 Å². The van der Waals surface area contributed by atoms with Crippen LogP contribution >= 0.6 is 11.3 Å². The van der Waals surface area contributed by atoms with Gasteiger partial charge < -0.3 is 4.74 Å². The fraction of sp³-hybridized carbons (Fsp3) is 0.500. The predicted molar refractivity (Wildman–Crippen MR) is 44.5 cm³/mol. The molecule has 0 aliphatic heterocycles. The van der Waals surface area contributed by atoms with Crippen molar-refractivity contribution in [3.8, 4) is 0 Å². The van der Waals surface area contributed by atoms with E-state index in [1.54, 1.807) is 18.4 Å². The molecule has 0 saturated carbocycles. The Labute approximate surface area is 65.6 Å². The predicted octanol–water partition coefficient (Wildman–Crippen LogP) is 2.33. The molecule has 1 nitrogen and oxygen atoms in total. The molecule has 0 bridgehead atoms. The molecule has 0 aromatic carbocycles. The van der Waals surface area contributed by atoms with Crippen molar-refractivity contribution in [1.29, 1.82) is 0 Å². The molecule has 0 amide bonds. The van der Waals surface area contributed by atoms with Crippen LogP contribution in [0.2, 0.25) is 0 Å². The summed E-state index contributed by atoms with van der Waals surface area (Å²) in [5.74, 6) is 0. The normalized spacial score (nSPS) is 13.4. The molecule has 1 aromatic heterocycles. The van der Waals surface area contributed by atoms with Gasteiger partial charge in [0.05, 0.1) is 6.10 Å². The highest BCUT2D eigenvalue weighted by Gasteiger charge is 2.00. The lowest BCUT2D eigenvalue weighted by Crippen LogP contribution is -2.06. The van der Waals surface area contributed by atoms with Crippen molar-refractivity contribution in [2.75, 3.05) is 7.11 Å². The van der Waals surface area contributed by atoms with E-state index in [1.165, 1.54) is 4.88 Å². The lowest BCUT2D eigenvalue weighted by Gasteiger charge is -2.05. The van der Waals surface area contributed by atoms with Gasteiger partial charge in [-0.25, -0.2) is 0 Å². The second-order valence-corrected chi connectivity index (χ2v) is 3.36. The van der Waals surface area contributed by atoms with E-state index in [1.807, 2.05) is 0 Å². The van der Waals surface area contributed by atoms with Crippen LogP contribution in [0.3, 0.4) is 0 Å². The van der Waals surface area contributed by atoms with Gasteiger partial charge in [0.1, 0.15) is 0 Å². The standard InChI is InChI=1S/C8H12OS/c1-7(9-2)6-8-4-3-5-10-8/h3-5,7H,6H2,1-2H3. The largest absolute Gasteiger partial charge is 0.381 e. The van der Waals surface area contributed by atoms with E-state index in [9.17, 15) is 0 Å². The molecule has 1 rings (SSSR count). The molecule has 1 unspecified atom stereocenters. The fourth-order valence-corrected chi connectivity index (χ4v) is 1.62. The molecule has 0 fully saturated rings. The summed E-state index contributed by atoms with van der Waals surface area (Å²) < 4.78 is 5.13. The van der Waals surface area contributed by atoms with Gasteiger partial charge in [-0.3, -0.25) is 0 Å². The molecular weight excluding hydrogens is 144 g/mol. The summed E-state index contributed by atoms with van der Waals surface area (Å²) in [5, 5.41) is 2.09. The van der Waals surface area contributed by atoms with Crippen molar-refractivity contribution in [3.63, 3.8) is 0 Å². The summed E-state index contributed by atoms with van der Waals surface area (Å²) in [5.41, 5.74) is 0. The number of hydrogen-bond donors (Lipinski definition) is 0. The second-order valence-electron chi connectivity index (χ2n) is 2.33. The maximum atomic E-state index is 5.13. The van der Waals surface area contributed by atoms with Crippen LogP contribution in [0.1, 0.15) is 11.8 Å². The Morgan fingerprint density at radius 1 is 1.70 bits per heavy atom. The van der Waals surface area contributed by atoms with Crippen molar-refractivity contribution >= 4 is 11.3 Å². The van der Waals surface area contributed by atoms with E-state index < -0.39 is 0 Å². The number of hydrogen-bond acceptors (Lipinski definition) is 2. The zero-order valence-electron chi connectivity index (χ0n) is 6.33. The first-order valence-corrected chi connectivity index (χ1v) is 4.26. The maximum Gasteiger partial charge on any atom is 0.0591 e.